The highest BCUT2D eigenvalue weighted by atomic mass is 16.5. The second-order valence-corrected chi connectivity index (χ2v) is 6.35. The van der Waals surface area contributed by atoms with Crippen LogP contribution < -0.4 is 0 Å². The summed E-state index contributed by atoms with van der Waals surface area (Å²) in [6, 6.07) is -0.451. The van der Waals surface area contributed by atoms with Crippen molar-refractivity contribution in [1.82, 2.24) is 14.7 Å². The molecule has 2 atom stereocenters. The molecular formula is C15H25N3O4. The number of ether oxygens (including phenoxy) is 1. The number of hydrogen-bond acceptors (Lipinski definition) is 5. The van der Waals surface area contributed by atoms with Gasteiger partial charge < -0.3 is 19.6 Å². The van der Waals surface area contributed by atoms with Crippen molar-refractivity contribution in [2.24, 2.45) is 0 Å². The van der Waals surface area contributed by atoms with Gasteiger partial charge in [0.05, 0.1) is 25.9 Å². The summed E-state index contributed by atoms with van der Waals surface area (Å²) in [5, 5.41) is 9.76. The van der Waals surface area contributed by atoms with Gasteiger partial charge in [-0.2, -0.15) is 0 Å². The third kappa shape index (κ3) is 3.42. The van der Waals surface area contributed by atoms with Gasteiger partial charge in [0.1, 0.15) is 6.04 Å². The SMILES string of the molecule is O=C1[C@H]2C[C@@H](O)CCN2C(=O)CN1CCCN1CCOCC1. The number of piperidine rings is 1. The maximum Gasteiger partial charge on any atom is 0.245 e. The molecule has 3 fully saturated rings. The fourth-order valence-corrected chi connectivity index (χ4v) is 3.52. The van der Waals surface area contributed by atoms with Crippen LogP contribution in [0.2, 0.25) is 0 Å². The number of piperazine rings is 1. The molecule has 3 aliphatic rings. The molecule has 0 radical (unpaired) electrons. The maximum absolute atomic E-state index is 12.5. The van der Waals surface area contributed by atoms with E-state index in [1.807, 2.05) is 0 Å². The number of fused-ring (bicyclic) bond motifs is 1. The fourth-order valence-electron chi connectivity index (χ4n) is 3.52. The highest BCUT2D eigenvalue weighted by molar-refractivity contribution is 5.95. The molecule has 0 aromatic heterocycles. The Morgan fingerprint density at radius 3 is 2.68 bits per heavy atom. The molecule has 0 spiro atoms. The van der Waals surface area contributed by atoms with E-state index in [0.717, 1.165) is 39.3 Å². The van der Waals surface area contributed by atoms with Crippen molar-refractivity contribution in [3.63, 3.8) is 0 Å². The Balaban J connectivity index is 1.50. The molecule has 0 bridgehead atoms. The van der Waals surface area contributed by atoms with Gasteiger partial charge in [-0.1, -0.05) is 0 Å². The predicted molar refractivity (Wildman–Crippen MR) is 79.2 cm³/mol. The lowest BCUT2D eigenvalue weighted by Crippen LogP contribution is -2.63. The Morgan fingerprint density at radius 2 is 1.91 bits per heavy atom. The summed E-state index contributed by atoms with van der Waals surface area (Å²) in [7, 11) is 0. The first-order valence-electron chi connectivity index (χ1n) is 8.21. The zero-order valence-electron chi connectivity index (χ0n) is 12.9. The normalized spacial score (nSPS) is 30.6. The first kappa shape index (κ1) is 15.7. The van der Waals surface area contributed by atoms with Crippen molar-refractivity contribution in [2.75, 3.05) is 52.5 Å². The summed E-state index contributed by atoms with van der Waals surface area (Å²) in [4.78, 5) is 30.3. The Labute approximate surface area is 130 Å². The quantitative estimate of drug-likeness (QED) is 0.714. The topological polar surface area (TPSA) is 73.3 Å². The van der Waals surface area contributed by atoms with Crippen LogP contribution >= 0.6 is 0 Å². The van der Waals surface area contributed by atoms with Gasteiger partial charge in [0.25, 0.3) is 0 Å². The average Bonchev–Trinajstić information content (AvgIpc) is 2.53. The van der Waals surface area contributed by atoms with Crippen molar-refractivity contribution in [2.45, 2.75) is 31.4 Å². The maximum atomic E-state index is 12.5. The molecule has 3 heterocycles. The number of amides is 2. The van der Waals surface area contributed by atoms with Gasteiger partial charge in [-0.05, 0) is 12.8 Å². The highest BCUT2D eigenvalue weighted by Crippen LogP contribution is 2.23. The molecule has 0 aromatic rings. The van der Waals surface area contributed by atoms with Crippen molar-refractivity contribution in [3.8, 4) is 0 Å². The Kier molecular flexibility index (Phi) is 4.95. The van der Waals surface area contributed by atoms with E-state index in [0.29, 0.717) is 25.9 Å². The molecule has 7 nitrogen and oxygen atoms in total. The lowest BCUT2D eigenvalue weighted by Gasteiger charge is -2.44. The van der Waals surface area contributed by atoms with Crippen LogP contribution in [0.1, 0.15) is 19.3 Å². The molecule has 3 aliphatic heterocycles. The molecule has 7 heteroatoms. The molecule has 0 saturated carbocycles. The minimum atomic E-state index is -0.466. The third-order valence-electron chi connectivity index (χ3n) is 4.82. The molecule has 1 N–H and O–H groups in total. The first-order valence-corrected chi connectivity index (χ1v) is 8.21. The zero-order valence-corrected chi connectivity index (χ0v) is 12.9. The molecule has 3 rings (SSSR count). The Hall–Kier alpha value is -1.18. The van der Waals surface area contributed by atoms with Gasteiger partial charge in [0.2, 0.25) is 11.8 Å². The Morgan fingerprint density at radius 1 is 1.14 bits per heavy atom. The van der Waals surface area contributed by atoms with E-state index in [1.54, 1.807) is 9.80 Å². The Bertz CT molecular complexity index is 425. The number of hydrogen-bond donors (Lipinski definition) is 1. The molecule has 0 aliphatic carbocycles. The summed E-state index contributed by atoms with van der Waals surface area (Å²) >= 11 is 0. The fraction of sp³-hybridized carbons (Fsp3) is 0.867. The van der Waals surface area contributed by atoms with Crippen LogP contribution in [0.4, 0.5) is 0 Å². The highest BCUT2D eigenvalue weighted by Gasteiger charge is 2.42. The van der Waals surface area contributed by atoms with Gasteiger partial charge in [-0.3, -0.25) is 14.5 Å². The van der Waals surface area contributed by atoms with Gasteiger partial charge in [0, 0.05) is 39.1 Å². The van der Waals surface area contributed by atoms with E-state index >= 15 is 0 Å². The minimum Gasteiger partial charge on any atom is -0.393 e. The van der Waals surface area contributed by atoms with E-state index in [1.165, 1.54) is 0 Å². The van der Waals surface area contributed by atoms with Crippen molar-refractivity contribution in [1.29, 1.82) is 0 Å². The van der Waals surface area contributed by atoms with Gasteiger partial charge >= 0.3 is 0 Å². The summed E-state index contributed by atoms with van der Waals surface area (Å²) in [6.07, 6.45) is 1.36. The van der Waals surface area contributed by atoms with E-state index in [9.17, 15) is 14.7 Å². The van der Waals surface area contributed by atoms with Crippen LogP contribution in [0, 0.1) is 0 Å². The number of carbonyl (C=O) groups excluding carboxylic acids is 2. The molecular weight excluding hydrogens is 286 g/mol. The average molecular weight is 311 g/mol. The largest absolute Gasteiger partial charge is 0.393 e. The van der Waals surface area contributed by atoms with Crippen LogP contribution in [0.5, 0.6) is 0 Å². The number of nitrogens with zero attached hydrogens (tertiary/aromatic N) is 3. The second-order valence-electron chi connectivity index (χ2n) is 6.35. The lowest BCUT2D eigenvalue weighted by atomic mass is 9.96. The van der Waals surface area contributed by atoms with Crippen molar-refractivity contribution < 1.29 is 19.4 Å². The number of morpholine rings is 1. The number of rotatable bonds is 4. The summed E-state index contributed by atoms with van der Waals surface area (Å²) < 4.78 is 5.32. The summed E-state index contributed by atoms with van der Waals surface area (Å²) in [6.45, 7) is 5.66. The predicted octanol–water partition coefficient (Wildman–Crippen LogP) is -1.10. The lowest BCUT2D eigenvalue weighted by molar-refractivity contribution is -0.160. The van der Waals surface area contributed by atoms with Crippen LogP contribution in [-0.2, 0) is 14.3 Å². The van der Waals surface area contributed by atoms with Crippen LogP contribution in [0.3, 0.4) is 0 Å². The van der Waals surface area contributed by atoms with Crippen LogP contribution in [0.25, 0.3) is 0 Å². The number of aliphatic hydroxyl groups excluding tert-OH is 1. The minimum absolute atomic E-state index is 0.000303. The van der Waals surface area contributed by atoms with Gasteiger partial charge in [-0.15, -0.1) is 0 Å². The summed E-state index contributed by atoms with van der Waals surface area (Å²) in [5.74, 6) is 0.0169. The van der Waals surface area contributed by atoms with E-state index in [-0.39, 0.29) is 18.4 Å². The zero-order chi connectivity index (χ0) is 15.5. The number of aliphatic hydroxyl groups is 1. The molecule has 0 unspecified atom stereocenters. The van der Waals surface area contributed by atoms with E-state index < -0.39 is 12.1 Å². The van der Waals surface area contributed by atoms with Crippen molar-refractivity contribution in [3.05, 3.63) is 0 Å². The van der Waals surface area contributed by atoms with Crippen molar-refractivity contribution >= 4 is 11.8 Å². The van der Waals surface area contributed by atoms with Gasteiger partial charge in [0.15, 0.2) is 0 Å². The van der Waals surface area contributed by atoms with E-state index in [4.69, 9.17) is 4.74 Å². The molecule has 0 aromatic carbocycles. The van der Waals surface area contributed by atoms with Gasteiger partial charge in [-0.25, -0.2) is 0 Å². The standard InChI is InChI=1S/C15H25N3O4/c19-12-2-5-18-13(10-12)15(21)17(11-14(18)20)4-1-3-16-6-8-22-9-7-16/h12-13,19H,1-11H2/t12-,13+/m0/s1. The van der Waals surface area contributed by atoms with Crippen LogP contribution in [-0.4, -0.2) is 96.2 Å². The first-order chi connectivity index (χ1) is 10.6. The van der Waals surface area contributed by atoms with E-state index in [2.05, 4.69) is 4.90 Å². The molecule has 2 amide bonds. The summed E-state index contributed by atoms with van der Waals surface area (Å²) in [5.41, 5.74) is 0. The smallest absolute Gasteiger partial charge is 0.245 e. The monoisotopic (exact) mass is 311 g/mol. The van der Waals surface area contributed by atoms with Crippen LogP contribution in [0.15, 0.2) is 0 Å². The number of carbonyl (C=O) groups is 2. The molecule has 22 heavy (non-hydrogen) atoms. The molecule has 124 valence electrons. The second kappa shape index (κ2) is 6.93. The molecule has 3 saturated heterocycles. The third-order valence-corrected chi connectivity index (χ3v) is 4.82.